The summed E-state index contributed by atoms with van der Waals surface area (Å²) in [6.07, 6.45) is 0.893. The normalized spacial score (nSPS) is 11.6. The number of carboxylic acids is 1. The van der Waals surface area contributed by atoms with E-state index in [0.717, 1.165) is 15.6 Å². The molecule has 0 spiro atoms. The van der Waals surface area contributed by atoms with Gasteiger partial charge in [-0.2, -0.15) is 0 Å². The van der Waals surface area contributed by atoms with Crippen LogP contribution < -0.4 is 35.9 Å². The summed E-state index contributed by atoms with van der Waals surface area (Å²) < 4.78 is 73.2. The van der Waals surface area contributed by atoms with Crippen LogP contribution in [0.2, 0.25) is 0 Å². The summed E-state index contributed by atoms with van der Waals surface area (Å²) in [4.78, 5) is 76.2. The lowest BCUT2D eigenvalue weighted by Gasteiger charge is -2.24. The molecule has 0 saturated heterocycles. The molecular formula is C42H61N6O18S2-. The summed E-state index contributed by atoms with van der Waals surface area (Å²) in [6.45, 7) is 7.93. The van der Waals surface area contributed by atoms with Crippen LogP contribution in [0.1, 0.15) is 47.8 Å². The van der Waals surface area contributed by atoms with Crippen molar-refractivity contribution in [3.05, 3.63) is 45.1 Å². The number of amides is 4. The van der Waals surface area contributed by atoms with E-state index in [-0.39, 0.29) is 97.9 Å². The Hall–Kier alpha value is -5.16. The molecule has 0 aliphatic carbocycles. The Morgan fingerprint density at radius 3 is 1.90 bits per heavy atom. The number of carboxylic acid groups (broad SMARTS) is 1. The molecule has 380 valence electrons. The zero-order valence-electron chi connectivity index (χ0n) is 38.2. The fraction of sp³-hybridized carbons (Fsp3) is 0.595. The van der Waals surface area contributed by atoms with Crippen LogP contribution in [0.5, 0.6) is 5.75 Å². The number of aliphatic carboxylic acids is 1. The van der Waals surface area contributed by atoms with Gasteiger partial charge in [0.2, 0.25) is 11.8 Å². The van der Waals surface area contributed by atoms with Gasteiger partial charge in [0, 0.05) is 80.3 Å². The number of fused-ring (bicyclic) bond motifs is 1. The maximum atomic E-state index is 12.7. The van der Waals surface area contributed by atoms with Crippen molar-refractivity contribution in [3.63, 3.8) is 0 Å². The van der Waals surface area contributed by atoms with Crippen molar-refractivity contribution >= 4 is 74.1 Å². The van der Waals surface area contributed by atoms with Gasteiger partial charge >= 0.3 is 11.6 Å². The van der Waals surface area contributed by atoms with E-state index in [9.17, 15) is 37.5 Å². The number of aryl methyl sites for hydroxylation is 1. The highest BCUT2D eigenvalue weighted by atomic mass is 32.2. The molecule has 0 aliphatic heterocycles. The number of nitrogens with zero attached hydrogens (tertiary/aromatic N) is 2. The second-order valence-corrected chi connectivity index (χ2v) is 16.3. The zero-order valence-corrected chi connectivity index (χ0v) is 39.8. The first-order valence-electron chi connectivity index (χ1n) is 21.7. The molecular weight excluding hydrogens is 941 g/mol. The lowest BCUT2D eigenvalue weighted by Crippen LogP contribution is -2.33. The summed E-state index contributed by atoms with van der Waals surface area (Å²) in [5.41, 5.74) is -0.808. The molecule has 0 aliphatic rings. The molecule has 0 bridgehead atoms. The van der Waals surface area contributed by atoms with E-state index < -0.39 is 28.8 Å². The molecule has 2 aromatic heterocycles. The summed E-state index contributed by atoms with van der Waals surface area (Å²) in [5, 5.41) is 19.9. The number of nitrogens with one attached hydrogen (secondary N) is 4. The average molecular weight is 1000 g/mol. The Balaban J connectivity index is 1.14. The second-order valence-electron chi connectivity index (χ2n) is 14.2. The van der Waals surface area contributed by atoms with Crippen LogP contribution in [0, 0.1) is 6.92 Å². The molecule has 26 heteroatoms. The third-order valence-electron chi connectivity index (χ3n) is 8.76. The standard InChI is InChI=1S/C42H62N6O18S2/c1-30-39(47-42(67-30)46-31(2)49)48(68(56)57)12-7-36(50)43-9-3-13-58-17-21-62-22-18-59-14-4-10-45-40(54)34-27-32-5-6-33(28-35(32)66-41(34)55)65-29-37(51)44-11-16-61-20-24-64-26-25-63-23-19-60-15-8-38(52)53/h5-6,27-28H,3-4,7-26,29H2,1-2H3,(H,43,50)(H,44,51)(H,45,54)(H,52,53)(H,56,57)(H,46,47,49)/p-1. The summed E-state index contributed by atoms with van der Waals surface area (Å²) in [7, 11) is 0. The SMILES string of the molecule is CC(=O)Nc1nc(N(CCC(=O)NCCCOCCOCCOCCCNC(=O)c2cc3ccc(OCC(=O)NCCOCCOCCOCCOCCC(=O)O)cc3oc2=O)S(=O)[O-])c(C)s1. The number of ether oxygens (including phenoxy) is 8. The van der Waals surface area contributed by atoms with E-state index in [0.29, 0.717) is 109 Å². The molecule has 2 heterocycles. The molecule has 1 atom stereocenters. The monoisotopic (exact) mass is 1000 g/mol. The Morgan fingerprint density at radius 1 is 0.750 bits per heavy atom. The van der Waals surface area contributed by atoms with Gasteiger partial charge in [0.1, 0.15) is 16.9 Å². The average Bonchev–Trinajstić information content (AvgIpc) is 3.65. The Labute approximate surface area is 399 Å². The topological polar surface area (TPSA) is 314 Å². The minimum absolute atomic E-state index is 0.0484. The number of aromatic nitrogens is 1. The Bertz CT molecular complexity index is 2090. The van der Waals surface area contributed by atoms with Gasteiger partial charge in [0.15, 0.2) is 17.6 Å². The van der Waals surface area contributed by atoms with E-state index in [1.807, 2.05) is 0 Å². The van der Waals surface area contributed by atoms with Crippen molar-refractivity contribution in [2.75, 3.05) is 135 Å². The largest absolute Gasteiger partial charge is 0.755 e. The molecule has 0 fully saturated rings. The predicted octanol–water partition coefficient (Wildman–Crippen LogP) is 0.919. The van der Waals surface area contributed by atoms with E-state index in [4.69, 9.17) is 47.4 Å². The summed E-state index contributed by atoms with van der Waals surface area (Å²) in [6, 6.07) is 6.07. The number of anilines is 2. The molecule has 1 aromatic carbocycles. The van der Waals surface area contributed by atoms with E-state index in [2.05, 4.69) is 26.3 Å². The fourth-order valence-electron chi connectivity index (χ4n) is 5.51. The number of hydrogen-bond donors (Lipinski definition) is 5. The van der Waals surface area contributed by atoms with E-state index in [1.54, 1.807) is 19.1 Å². The lowest BCUT2D eigenvalue weighted by atomic mass is 10.1. The molecule has 0 radical (unpaired) electrons. The number of thiazole rings is 1. The predicted molar refractivity (Wildman–Crippen MR) is 246 cm³/mol. The van der Waals surface area contributed by atoms with Crippen LogP contribution in [0.15, 0.2) is 33.5 Å². The number of carbonyl (C=O) groups is 5. The molecule has 1 unspecified atom stereocenters. The zero-order chi connectivity index (χ0) is 49.4. The van der Waals surface area contributed by atoms with Gasteiger partial charge in [-0.05, 0) is 38.0 Å². The quantitative estimate of drug-likeness (QED) is 0.0301. The van der Waals surface area contributed by atoms with Gasteiger partial charge in [0.05, 0.1) is 85.7 Å². The van der Waals surface area contributed by atoms with Crippen LogP contribution in [-0.2, 0) is 63.6 Å². The van der Waals surface area contributed by atoms with Crippen LogP contribution in [0.3, 0.4) is 0 Å². The molecule has 3 aromatic rings. The molecule has 4 amide bonds. The minimum atomic E-state index is -2.66. The fourth-order valence-corrected chi connectivity index (χ4v) is 6.99. The summed E-state index contributed by atoms with van der Waals surface area (Å²) in [5.74, 6) is -2.11. The third kappa shape index (κ3) is 24.7. The van der Waals surface area contributed by atoms with Gasteiger partial charge in [-0.1, -0.05) is 11.3 Å². The maximum Gasteiger partial charge on any atom is 0.349 e. The number of carbonyl (C=O) groups excluding carboxylic acids is 4. The lowest BCUT2D eigenvalue weighted by molar-refractivity contribution is -0.138. The van der Waals surface area contributed by atoms with Gasteiger partial charge in [0.25, 0.3) is 11.8 Å². The Morgan fingerprint density at radius 2 is 1.31 bits per heavy atom. The minimum Gasteiger partial charge on any atom is -0.755 e. The first-order valence-corrected chi connectivity index (χ1v) is 23.6. The van der Waals surface area contributed by atoms with Gasteiger partial charge in [-0.15, -0.1) is 0 Å². The molecule has 3 rings (SSSR count). The van der Waals surface area contributed by atoms with Crippen LogP contribution in [-0.4, -0.2) is 174 Å². The van der Waals surface area contributed by atoms with Crippen LogP contribution >= 0.6 is 11.3 Å². The highest BCUT2D eigenvalue weighted by Gasteiger charge is 2.18. The van der Waals surface area contributed by atoms with E-state index >= 15 is 0 Å². The van der Waals surface area contributed by atoms with Crippen molar-refractivity contribution in [1.82, 2.24) is 20.9 Å². The van der Waals surface area contributed by atoms with Crippen molar-refractivity contribution < 1.29 is 80.2 Å². The highest BCUT2D eigenvalue weighted by Crippen LogP contribution is 2.30. The molecule has 0 saturated carbocycles. The number of hydrogen-bond acceptors (Lipinski definition) is 19. The van der Waals surface area contributed by atoms with Crippen molar-refractivity contribution in [2.24, 2.45) is 0 Å². The first kappa shape index (κ1) is 57.2. The third-order valence-corrected chi connectivity index (χ3v) is 10.4. The first-order chi connectivity index (χ1) is 32.8. The number of benzene rings is 1. The van der Waals surface area contributed by atoms with Gasteiger partial charge in [-0.25, -0.2) is 9.78 Å². The van der Waals surface area contributed by atoms with Crippen LogP contribution in [0.25, 0.3) is 11.0 Å². The highest BCUT2D eigenvalue weighted by molar-refractivity contribution is 7.80. The molecule has 5 N–H and O–H groups in total. The Kier molecular flexibility index (Phi) is 28.7. The molecule has 68 heavy (non-hydrogen) atoms. The van der Waals surface area contributed by atoms with Gasteiger partial charge < -0.3 is 73.2 Å². The molecule has 24 nitrogen and oxygen atoms in total. The van der Waals surface area contributed by atoms with Crippen molar-refractivity contribution in [3.8, 4) is 5.75 Å². The number of rotatable bonds is 39. The van der Waals surface area contributed by atoms with Crippen molar-refractivity contribution in [1.29, 1.82) is 0 Å². The van der Waals surface area contributed by atoms with Gasteiger partial charge in [-0.3, -0.25) is 32.5 Å². The summed E-state index contributed by atoms with van der Waals surface area (Å²) >= 11 is -1.53. The maximum absolute atomic E-state index is 12.7. The smallest absolute Gasteiger partial charge is 0.349 e. The second kappa shape index (κ2) is 34.2. The van der Waals surface area contributed by atoms with E-state index in [1.165, 1.54) is 19.1 Å². The van der Waals surface area contributed by atoms with Crippen LogP contribution in [0.4, 0.5) is 10.9 Å². The van der Waals surface area contributed by atoms with Crippen molar-refractivity contribution in [2.45, 2.75) is 39.5 Å².